The minimum Gasteiger partial charge on any atom is -0.348 e. The Morgan fingerprint density at radius 1 is 1.04 bits per heavy atom. The van der Waals surface area contributed by atoms with Gasteiger partial charge in [-0.2, -0.15) is 0 Å². The van der Waals surface area contributed by atoms with E-state index >= 15 is 0 Å². The summed E-state index contributed by atoms with van der Waals surface area (Å²) >= 11 is 0. The molecule has 1 unspecified atom stereocenters. The van der Waals surface area contributed by atoms with Gasteiger partial charge in [-0.3, -0.25) is 4.98 Å². The van der Waals surface area contributed by atoms with Gasteiger partial charge in [0, 0.05) is 43.9 Å². The first-order valence-electron chi connectivity index (χ1n) is 8.46. The molecule has 0 aliphatic carbocycles. The summed E-state index contributed by atoms with van der Waals surface area (Å²) in [6.07, 6.45) is 5.62. The van der Waals surface area contributed by atoms with E-state index in [9.17, 15) is 4.79 Å². The molecule has 2 aromatic heterocycles. The predicted molar refractivity (Wildman–Crippen MR) is 95.9 cm³/mol. The first-order valence-corrected chi connectivity index (χ1v) is 8.46. The maximum atomic E-state index is 12.9. The number of benzene rings is 1. The lowest BCUT2D eigenvalue weighted by molar-refractivity contribution is 0.168. The van der Waals surface area contributed by atoms with Crippen molar-refractivity contribution < 1.29 is 4.79 Å². The van der Waals surface area contributed by atoms with Gasteiger partial charge in [-0.1, -0.05) is 30.3 Å². The number of amides is 2. The van der Waals surface area contributed by atoms with Gasteiger partial charge < -0.3 is 14.8 Å². The predicted octanol–water partition coefficient (Wildman–Crippen LogP) is 3.20. The molecule has 1 aliphatic rings. The summed E-state index contributed by atoms with van der Waals surface area (Å²) in [7, 11) is 0. The molecule has 3 aromatic rings. The Kier molecular flexibility index (Phi) is 4.21. The Bertz CT molecular complexity index is 844. The van der Waals surface area contributed by atoms with Crippen LogP contribution in [-0.4, -0.2) is 27.0 Å². The zero-order chi connectivity index (χ0) is 17.1. The number of hydrogen-bond donors (Lipinski definition) is 1. The van der Waals surface area contributed by atoms with Crippen LogP contribution in [0.5, 0.6) is 0 Å². The quantitative estimate of drug-likeness (QED) is 0.801. The number of pyridine rings is 1. The molecule has 0 saturated carbocycles. The third-order valence-electron chi connectivity index (χ3n) is 4.61. The van der Waals surface area contributed by atoms with E-state index in [4.69, 9.17) is 0 Å². The smallest absolute Gasteiger partial charge is 0.318 e. The normalized spacial score (nSPS) is 16.3. The summed E-state index contributed by atoms with van der Waals surface area (Å²) in [5.41, 5.74) is 3.30. The molecule has 4 rings (SSSR count). The Morgan fingerprint density at radius 3 is 2.64 bits per heavy atom. The summed E-state index contributed by atoms with van der Waals surface area (Å²) in [6, 6.07) is 17.9. The molecule has 0 spiro atoms. The van der Waals surface area contributed by atoms with Crippen molar-refractivity contribution in [2.45, 2.75) is 19.1 Å². The summed E-state index contributed by atoms with van der Waals surface area (Å²) in [5, 5.41) is 3.05. The van der Waals surface area contributed by atoms with Crippen LogP contribution in [0.4, 0.5) is 4.79 Å². The van der Waals surface area contributed by atoms with Crippen molar-refractivity contribution in [1.29, 1.82) is 0 Å². The molecule has 0 bridgehead atoms. The number of carbonyl (C=O) groups is 1. The zero-order valence-electron chi connectivity index (χ0n) is 13.9. The molecule has 0 saturated heterocycles. The van der Waals surface area contributed by atoms with Crippen LogP contribution >= 0.6 is 0 Å². The van der Waals surface area contributed by atoms with Crippen LogP contribution in [0.1, 0.15) is 22.9 Å². The molecule has 25 heavy (non-hydrogen) atoms. The molecular formula is C20H20N4O. The summed E-state index contributed by atoms with van der Waals surface area (Å²) in [5.74, 6) is 0. The Balaban J connectivity index is 1.58. The molecule has 5 nitrogen and oxygen atoms in total. The fourth-order valence-electron chi connectivity index (χ4n) is 3.37. The third-order valence-corrected chi connectivity index (χ3v) is 4.61. The highest BCUT2D eigenvalue weighted by molar-refractivity contribution is 5.75. The van der Waals surface area contributed by atoms with Gasteiger partial charge >= 0.3 is 6.03 Å². The number of urea groups is 1. The molecule has 1 N–H and O–H groups in total. The molecule has 0 radical (unpaired) electrons. The van der Waals surface area contributed by atoms with Crippen LogP contribution in [-0.2, 0) is 13.1 Å². The molecule has 5 heteroatoms. The number of hydrogen-bond acceptors (Lipinski definition) is 2. The third kappa shape index (κ3) is 3.13. The minimum atomic E-state index is -0.0949. The van der Waals surface area contributed by atoms with Gasteiger partial charge in [0.25, 0.3) is 0 Å². The van der Waals surface area contributed by atoms with E-state index in [1.165, 1.54) is 0 Å². The van der Waals surface area contributed by atoms with E-state index in [1.54, 1.807) is 12.4 Å². The lowest BCUT2D eigenvalue weighted by atomic mass is 10.0. The van der Waals surface area contributed by atoms with Crippen molar-refractivity contribution >= 4 is 6.03 Å². The molecule has 0 fully saturated rings. The fourth-order valence-corrected chi connectivity index (χ4v) is 3.37. The first kappa shape index (κ1) is 15.4. The highest BCUT2D eigenvalue weighted by Gasteiger charge is 2.31. The fraction of sp³-hybridized carbons (Fsp3) is 0.200. The molecule has 1 aliphatic heterocycles. The van der Waals surface area contributed by atoms with Crippen LogP contribution in [0.25, 0.3) is 0 Å². The number of fused-ring (bicyclic) bond motifs is 1. The van der Waals surface area contributed by atoms with Crippen LogP contribution < -0.4 is 5.32 Å². The van der Waals surface area contributed by atoms with Crippen LogP contribution in [0, 0.1) is 0 Å². The Morgan fingerprint density at radius 2 is 1.84 bits per heavy atom. The number of nitrogens with zero attached hydrogens (tertiary/aromatic N) is 3. The van der Waals surface area contributed by atoms with Gasteiger partial charge in [0.15, 0.2) is 0 Å². The highest BCUT2D eigenvalue weighted by Crippen LogP contribution is 2.32. The number of carbonyl (C=O) groups excluding carboxylic acids is 1. The van der Waals surface area contributed by atoms with Crippen LogP contribution in [0.15, 0.2) is 73.2 Å². The second-order valence-electron chi connectivity index (χ2n) is 6.15. The molecule has 1 aromatic carbocycles. The summed E-state index contributed by atoms with van der Waals surface area (Å²) in [4.78, 5) is 18.9. The van der Waals surface area contributed by atoms with Gasteiger partial charge in [0.1, 0.15) is 0 Å². The standard InChI is InChI=1S/C20H20N4O/c25-20(22-15-16-5-2-1-3-6-16)24-14-13-23-12-4-7-18(23)19(24)17-8-10-21-11-9-17/h1-12,19H,13-15H2,(H,22,25). The van der Waals surface area contributed by atoms with Crippen molar-refractivity contribution in [3.8, 4) is 0 Å². The number of nitrogens with one attached hydrogen (secondary N) is 1. The highest BCUT2D eigenvalue weighted by atomic mass is 16.2. The molecule has 126 valence electrons. The van der Waals surface area contributed by atoms with E-state index < -0.39 is 0 Å². The maximum Gasteiger partial charge on any atom is 0.318 e. The number of rotatable bonds is 3. The van der Waals surface area contributed by atoms with Crippen LogP contribution in [0.3, 0.4) is 0 Å². The van der Waals surface area contributed by atoms with Crippen molar-refractivity contribution in [3.05, 3.63) is 90.0 Å². The molecule has 1 atom stereocenters. The van der Waals surface area contributed by atoms with Crippen molar-refractivity contribution in [2.24, 2.45) is 0 Å². The Labute approximate surface area is 146 Å². The zero-order valence-corrected chi connectivity index (χ0v) is 13.9. The SMILES string of the molecule is O=C(NCc1ccccc1)N1CCn2cccc2C1c1ccncc1. The average Bonchev–Trinajstić information content (AvgIpc) is 3.15. The summed E-state index contributed by atoms with van der Waals surface area (Å²) in [6.45, 7) is 2.01. The van der Waals surface area contributed by atoms with Crippen LogP contribution in [0.2, 0.25) is 0 Å². The molecule has 3 heterocycles. The second kappa shape index (κ2) is 6.81. The van der Waals surface area contributed by atoms with E-state index in [0.29, 0.717) is 13.1 Å². The maximum absolute atomic E-state index is 12.9. The van der Waals surface area contributed by atoms with Gasteiger partial charge in [-0.05, 0) is 35.4 Å². The van der Waals surface area contributed by atoms with Gasteiger partial charge in [0.05, 0.1) is 6.04 Å². The largest absolute Gasteiger partial charge is 0.348 e. The second-order valence-corrected chi connectivity index (χ2v) is 6.15. The van der Waals surface area contributed by atoms with Gasteiger partial charge in [-0.25, -0.2) is 4.79 Å². The first-order chi connectivity index (χ1) is 12.3. The molecular weight excluding hydrogens is 312 g/mol. The number of aromatic nitrogens is 2. The monoisotopic (exact) mass is 332 g/mol. The summed E-state index contributed by atoms with van der Waals surface area (Å²) < 4.78 is 2.21. The average molecular weight is 332 g/mol. The van der Waals surface area contributed by atoms with Crippen molar-refractivity contribution in [2.75, 3.05) is 6.54 Å². The van der Waals surface area contributed by atoms with Crippen molar-refractivity contribution in [1.82, 2.24) is 19.8 Å². The Hall–Kier alpha value is -3.08. The lowest BCUT2D eigenvalue weighted by Crippen LogP contribution is -2.47. The molecule has 2 amide bonds. The van der Waals surface area contributed by atoms with E-state index in [1.807, 2.05) is 53.4 Å². The van der Waals surface area contributed by atoms with E-state index in [0.717, 1.165) is 23.4 Å². The van der Waals surface area contributed by atoms with Gasteiger partial charge in [0.2, 0.25) is 0 Å². The minimum absolute atomic E-state index is 0.0434. The van der Waals surface area contributed by atoms with Crippen molar-refractivity contribution in [3.63, 3.8) is 0 Å². The topological polar surface area (TPSA) is 50.2 Å². The van der Waals surface area contributed by atoms with Gasteiger partial charge in [-0.15, -0.1) is 0 Å². The lowest BCUT2D eigenvalue weighted by Gasteiger charge is -2.37. The van der Waals surface area contributed by atoms with E-state index in [-0.39, 0.29) is 12.1 Å². The van der Waals surface area contributed by atoms with E-state index in [2.05, 4.69) is 27.1 Å².